The van der Waals surface area contributed by atoms with Crippen LogP contribution in [0.1, 0.15) is 30.9 Å². The van der Waals surface area contributed by atoms with Crippen LogP contribution in [0.4, 0.5) is 11.8 Å². The minimum Gasteiger partial charge on any atom is -0.489 e. The molecule has 2 aromatic carbocycles. The topological polar surface area (TPSA) is 274 Å². The van der Waals surface area contributed by atoms with Gasteiger partial charge in [0.05, 0.1) is 19.3 Å². The van der Waals surface area contributed by atoms with Gasteiger partial charge in [-0.3, -0.25) is 28.0 Å². The van der Waals surface area contributed by atoms with E-state index in [1.807, 2.05) is 30.3 Å². The first-order chi connectivity index (χ1) is 25.0. The summed E-state index contributed by atoms with van der Waals surface area (Å²) in [5, 5.41) is 20.7. The second-order valence-electron chi connectivity index (χ2n) is 12.2. The Morgan fingerprint density at radius 3 is 2.44 bits per heavy atom. The molecule has 3 aromatic heterocycles. The van der Waals surface area contributed by atoms with Crippen molar-refractivity contribution in [3.63, 3.8) is 0 Å². The molecule has 0 spiro atoms. The monoisotopic (exact) mass is 738 g/mol. The Morgan fingerprint density at radius 2 is 1.71 bits per heavy atom. The van der Waals surface area contributed by atoms with Crippen LogP contribution in [-0.4, -0.2) is 81.8 Å². The molecule has 20 heteroatoms. The van der Waals surface area contributed by atoms with Crippen LogP contribution in [0.25, 0.3) is 22.6 Å². The summed E-state index contributed by atoms with van der Waals surface area (Å²) in [4.78, 5) is 50.7. The van der Waals surface area contributed by atoms with Gasteiger partial charge in [0, 0.05) is 24.6 Å². The van der Waals surface area contributed by atoms with E-state index in [2.05, 4.69) is 19.9 Å². The molecule has 2 aliphatic heterocycles. The average Bonchev–Trinajstić information content (AvgIpc) is 3.81. The highest BCUT2D eigenvalue weighted by Crippen LogP contribution is 2.49. The maximum absolute atomic E-state index is 13.1. The van der Waals surface area contributed by atoms with Crippen LogP contribution in [0, 0.1) is 0 Å². The van der Waals surface area contributed by atoms with Crippen molar-refractivity contribution in [1.29, 1.82) is 0 Å². The number of ether oxygens (including phenoxy) is 3. The number of nitrogens with one attached hydrogen (secondary N) is 1. The van der Waals surface area contributed by atoms with Gasteiger partial charge in [-0.15, -0.1) is 0 Å². The van der Waals surface area contributed by atoms with E-state index in [4.69, 9.17) is 34.7 Å². The molecule has 0 radical (unpaired) electrons. The Hall–Kier alpha value is -4.98. The van der Waals surface area contributed by atoms with E-state index in [1.165, 1.54) is 16.8 Å². The number of benzene rings is 2. The zero-order valence-electron chi connectivity index (χ0n) is 27.3. The van der Waals surface area contributed by atoms with Crippen LogP contribution < -0.4 is 27.5 Å². The minimum atomic E-state index is -4.86. The first-order valence-corrected chi connectivity index (χ1v) is 17.6. The number of anilines is 2. The lowest BCUT2D eigenvalue weighted by Gasteiger charge is -2.21. The lowest BCUT2D eigenvalue weighted by atomic mass is 10.1. The third kappa shape index (κ3) is 7.48. The highest BCUT2D eigenvalue weighted by Gasteiger charge is 2.44. The van der Waals surface area contributed by atoms with Crippen molar-refractivity contribution in [2.45, 2.75) is 56.3 Å². The number of phosphoric ester groups is 1. The van der Waals surface area contributed by atoms with Crippen molar-refractivity contribution in [2.75, 3.05) is 24.7 Å². The van der Waals surface area contributed by atoms with E-state index < -0.39 is 69.2 Å². The fourth-order valence-electron chi connectivity index (χ4n) is 6.10. The standard InChI is InChI=1S/C32H35N8O11P/c33-24-10-11-39(32(44)35-24)25-12-20(42)23(50-25)16-48-52(45,46)51-21-13-26(49-22(21)14-41)40-28(36-27-29(40)37-31(34)38-30(27)43)18-6-8-19(9-7-18)47-15-17-4-2-1-3-5-17/h1-11,20-23,25-26,41-42H,12-16H2,(H,45,46)(H2,33,35,44)(H3,34,37,38,43)/t20-,21-,22+,23+,25+,26+/m0/s1. The van der Waals surface area contributed by atoms with Crippen molar-refractivity contribution < 1.29 is 42.9 Å². The summed E-state index contributed by atoms with van der Waals surface area (Å²) in [5.74, 6) is 0.685. The van der Waals surface area contributed by atoms with E-state index in [0.717, 1.165) is 10.1 Å². The SMILES string of the molecule is Nc1ccn([C@H]2C[C@H](O)[C@@H](COP(=O)(O)O[C@H]3C[C@H](n4c(-c5ccc(OCc6ccccc6)cc5)nc5c(=O)[nH]c(N)nc54)O[C@@H]3CO)O2)c(=O)n1. The van der Waals surface area contributed by atoms with Gasteiger partial charge in [0.2, 0.25) is 5.95 Å². The van der Waals surface area contributed by atoms with Crippen LogP contribution >= 0.6 is 7.82 Å². The van der Waals surface area contributed by atoms with Gasteiger partial charge in [-0.25, -0.2) is 14.3 Å². The van der Waals surface area contributed by atoms with Gasteiger partial charge >= 0.3 is 13.5 Å². The number of rotatable bonds is 12. The van der Waals surface area contributed by atoms with Crippen molar-refractivity contribution in [3.8, 4) is 17.1 Å². The minimum absolute atomic E-state index is 0.0165. The number of aromatic amines is 1. The molecule has 0 bridgehead atoms. The maximum Gasteiger partial charge on any atom is 0.472 e. The fraction of sp³-hybridized carbons (Fsp3) is 0.344. The molecular formula is C32H35N8O11P. The molecule has 2 saturated heterocycles. The van der Waals surface area contributed by atoms with Crippen LogP contribution in [0.5, 0.6) is 5.75 Å². The first-order valence-electron chi connectivity index (χ1n) is 16.1. The smallest absolute Gasteiger partial charge is 0.472 e. The Bertz CT molecular complexity index is 2210. The number of phosphoric acid groups is 1. The number of aliphatic hydroxyl groups is 2. The predicted octanol–water partition coefficient (Wildman–Crippen LogP) is 1.22. The van der Waals surface area contributed by atoms with Crippen LogP contribution in [0.15, 0.2) is 76.4 Å². The zero-order valence-corrected chi connectivity index (χ0v) is 28.2. The second-order valence-corrected chi connectivity index (χ2v) is 13.6. The third-order valence-corrected chi connectivity index (χ3v) is 9.63. The van der Waals surface area contributed by atoms with E-state index >= 15 is 0 Å². The number of aliphatic hydroxyl groups excluding tert-OH is 2. The third-order valence-electron chi connectivity index (χ3n) is 8.61. The molecule has 274 valence electrons. The molecule has 1 unspecified atom stereocenters. The summed E-state index contributed by atoms with van der Waals surface area (Å²) < 4.78 is 44.1. The Morgan fingerprint density at radius 1 is 0.962 bits per heavy atom. The Labute approximate surface area is 294 Å². The number of nitrogens with zero attached hydrogens (tertiary/aromatic N) is 5. The number of aromatic nitrogens is 6. The molecular weight excluding hydrogens is 703 g/mol. The van der Waals surface area contributed by atoms with Crippen LogP contribution in [0.2, 0.25) is 0 Å². The van der Waals surface area contributed by atoms with Crippen molar-refractivity contribution in [3.05, 3.63) is 93.3 Å². The molecule has 0 amide bonds. The van der Waals surface area contributed by atoms with E-state index in [-0.39, 0.29) is 41.6 Å². The quantitative estimate of drug-likeness (QED) is 0.0982. The van der Waals surface area contributed by atoms with Gasteiger partial charge in [-0.2, -0.15) is 9.97 Å². The Kier molecular flexibility index (Phi) is 9.92. The largest absolute Gasteiger partial charge is 0.489 e. The molecule has 52 heavy (non-hydrogen) atoms. The van der Waals surface area contributed by atoms with E-state index in [1.54, 1.807) is 24.3 Å². The van der Waals surface area contributed by atoms with Gasteiger partial charge in [0.25, 0.3) is 5.56 Å². The molecule has 0 aliphatic carbocycles. The maximum atomic E-state index is 13.1. The molecule has 19 nitrogen and oxygen atoms in total. The first kappa shape index (κ1) is 35.4. The summed E-state index contributed by atoms with van der Waals surface area (Å²) in [5.41, 5.74) is 11.7. The summed E-state index contributed by atoms with van der Waals surface area (Å²) in [6.45, 7) is -0.826. The number of hydrogen-bond donors (Lipinski definition) is 6. The molecule has 8 N–H and O–H groups in total. The molecule has 5 heterocycles. The second kappa shape index (κ2) is 14.6. The van der Waals surface area contributed by atoms with E-state index in [9.17, 15) is 29.3 Å². The van der Waals surface area contributed by atoms with Gasteiger partial charge in [0.1, 0.15) is 54.8 Å². The highest BCUT2D eigenvalue weighted by molar-refractivity contribution is 7.47. The highest BCUT2D eigenvalue weighted by atomic mass is 31.2. The molecule has 7 atom stereocenters. The lowest BCUT2D eigenvalue weighted by Crippen LogP contribution is -2.29. The Balaban J connectivity index is 1.07. The molecule has 7 rings (SSSR count). The van der Waals surface area contributed by atoms with Crippen molar-refractivity contribution in [1.82, 2.24) is 29.1 Å². The lowest BCUT2D eigenvalue weighted by molar-refractivity contribution is -0.0564. The number of nitrogens with two attached hydrogens (primary N) is 2. The fourth-order valence-corrected chi connectivity index (χ4v) is 7.06. The molecule has 0 saturated carbocycles. The zero-order chi connectivity index (χ0) is 36.6. The summed E-state index contributed by atoms with van der Waals surface area (Å²) in [7, 11) is -4.86. The van der Waals surface area contributed by atoms with Crippen molar-refractivity contribution >= 4 is 30.8 Å². The summed E-state index contributed by atoms with van der Waals surface area (Å²) in [6.07, 6.45) is -5.24. The van der Waals surface area contributed by atoms with E-state index in [0.29, 0.717) is 17.9 Å². The summed E-state index contributed by atoms with van der Waals surface area (Å²) in [6, 6.07) is 18.0. The van der Waals surface area contributed by atoms with Crippen molar-refractivity contribution in [2.24, 2.45) is 0 Å². The molecule has 2 aliphatic rings. The van der Waals surface area contributed by atoms with Gasteiger partial charge in [-0.05, 0) is 35.9 Å². The normalized spacial score (nSPS) is 24.3. The number of H-pyrrole nitrogens is 1. The average molecular weight is 739 g/mol. The number of hydrogen-bond acceptors (Lipinski definition) is 15. The van der Waals surface area contributed by atoms with Gasteiger partial charge < -0.3 is 40.8 Å². The number of imidazole rings is 1. The molecule has 5 aromatic rings. The van der Waals surface area contributed by atoms with Gasteiger partial charge in [-0.1, -0.05) is 30.3 Å². The van der Waals surface area contributed by atoms with Crippen LogP contribution in [0.3, 0.4) is 0 Å². The number of fused-ring (bicyclic) bond motifs is 1. The number of nitrogen functional groups attached to an aromatic ring is 2. The summed E-state index contributed by atoms with van der Waals surface area (Å²) >= 11 is 0. The van der Waals surface area contributed by atoms with Crippen LogP contribution in [-0.2, 0) is 29.7 Å². The van der Waals surface area contributed by atoms with Gasteiger partial charge in [0.15, 0.2) is 11.2 Å². The molecule has 2 fully saturated rings. The predicted molar refractivity (Wildman–Crippen MR) is 182 cm³/mol.